The first kappa shape index (κ1) is 9.50. The molecule has 0 saturated heterocycles. The summed E-state index contributed by atoms with van der Waals surface area (Å²) < 4.78 is 11.3. The Labute approximate surface area is 63.5 Å². The highest BCUT2D eigenvalue weighted by atomic mass is 32.2. The summed E-state index contributed by atoms with van der Waals surface area (Å²) in [6.07, 6.45) is 7.16. The summed E-state index contributed by atoms with van der Waals surface area (Å²) in [6.45, 7) is 3.76. The van der Waals surface area contributed by atoms with E-state index in [9.17, 15) is 4.21 Å². The molecule has 0 saturated carbocycles. The van der Waals surface area contributed by atoms with Crippen molar-refractivity contribution in [1.29, 1.82) is 0 Å². The summed E-state index contributed by atoms with van der Waals surface area (Å²) in [5.41, 5.74) is 0. The maximum atomic E-state index is 11.3. The van der Waals surface area contributed by atoms with Gasteiger partial charge in [-0.05, 0) is 29.2 Å². The molecule has 0 aliphatic rings. The zero-order valence-corrected chi connectivity index (χ0v) is 7.57. The quantitative estimate of drug-likeness (QED) is 0.442. The highest BCUT2D eigenvalue weighted by Crippen LogP contribution is 2.04. The lowest BCUT2D eigenvalue weighted by Crippen LogP contribution is -1.96. The van der Waals surface area contributed by atoms with Gasteiger partial charge in [0.15, 0.2) is 0 Å². The summed E-state index contributed by atoms with van der Waals surface area (Å²) in [6, 6.07) is 0. The van der Waals surface area contributed by atoms with Crippen molar-refractivity contribution in [2.75, 3.05) is 6.26 Å². The SMILES string of the molecule is C=S(C)(=O)C(/C=C\C)=C/C. The van der Waals surface area contributed by atoms with Crippen LogP contribution in [-0.2, 0) is 9.52 Å². The Morgan fingerprint density at radius 3 is 2.10 bits per heavy atom. The minimum absolute atomic E-state index is 0.815. The Bertz CT molecular complexity index is 242. The van der Waals surface area contributed by atoms with Gasteiger partial charge in [-0.3, -0.25) is 4.21 Å². The van der Waals surface area contributed by atoms with Crippen molar-refractivity contribution in [3.63, 3.8) is 0 Å². The van der Waals surface area contributed by atoms with Gasteiger partial charge in [-0.15, -0.1) is 0 Å². The van der Waals surface area contributed by atoms with Crippen molar-refractivity contribution in [3.8, 4) is 0 Å². The number of allylic oxidation sites excluding steroid dienone is 3. The highest BCUT2D eigenvalue weighted by molar-refractivity contribution is 8.03. The van der Waals surface area contributed by atoms with E-state index in [2.05, 4.69) is 5.87 Å². The van der Waals surface area contributed by atoms with Crippen LogP contribution in [-0.4, -0.2) is 16.3 Å². The predicted molar refractivity (Wildman–Crippen MR) is 49.8 cm³/mol. The normalized spacial score (nSPS) is 19.3. The fourth-order valence-corrected chi connectivity index (χ4v) is 1.58. The zero-order valence-electron chi connectivity index (χ0n) is 6.76. The minimum atomic E-state index is -2.00. The van der Waals surface area contributed by atoms with Crippen LogP contribution in [0.1, 0.15) is 13.8 Å². The second-order valence-electron chi connectivity index (χ2n) is 2.20. The molecule has 0 spiro atoms. The Morgan fingerprint density at radius 2 is 2.00 bits per heavy atom. The molecule has 0 aromatic rings. The van der Waals surface area contributed by atoms with Crippen LogP contribution in [0.3, 0.4) is 0 Å². The third-order valence-corrected chi connectivity index (χ3v) is 2.48. The smallest absolute Gasteiger partial charge is 0.0256 e. The third-order valence-electron chi connectivity index (χ3n) is 1.11. The van der Waals surface area contributed by atoms with Gasteiger partial charge in [-0.2, -0.15) is 0 Å². The molecule has 0 rings (SSSR count). The first-order chi connectivity index (χ1) is 4.52. The van der Waals surface area contributed by atoms with Crippen LogP contribution in [0.25, 0.3) is 0 Å². The number of hydrogen-bond acceptors (Lipinski definition) is 1. The van der Waals surface area contributed by atoms with Gasteiger partial charge in [-0.1, -0.05) is 18.2 Å². The third kappa shape index (κ3) is 2.87. The van der Waals surface area contributed by atoms with E-state index in [0.717, 1.165) is 4.91 Å². The molecule has 1 atom stereocenters. The van der Waals surface area contributed by atoms with Gasteiger partial charge >= 0.3 is 0 Å². The molecule has 0 heterocycles. The first-order valence-corrected chi connectivity index (χ1v) is 5.27. The Kier molecular flexibility index (Phi) is 3.43. The van der Waals surface area contributed by atoms with Gasteiger partial charge in [0.2, 0.25) is 0 Å². The van der Waals surface area contributed by atoms with Crippen LogP contribution < -0.4 is 0 Å². The molecule has 10 heavy (non-hydrogen) atoms. The molecule has 0 amide bonds. The number of rotatable bonds is 2. The van der Waals surface area contributed by atoms with Crippen molar-refractivity contribution < 1.29 is 4.21 Å². The van der Waals surface area contributed by atoms with E-state index in [0.29, 0.717) is 0 Å². The molecule has 0 aliphatic heterocycles. The summed E-state index contributed by atoms with van der Waals surface area (Å²) >= 11 is 0. The Balaban J connectivity index is 4.75. The maximum Gasteiger partial charge on any atom is 0.0256 e. The predicted octanol–water partition coefficient (Wildman–Crippen LogP) is 1.81. The second kappa shape index (κ2) is 3.62. The minimum Gasteiger partial charge on any atom is -0.263 e. The molecule has 1 unspecified atom stereocenters. The average Bonchev–Trinajstić information content (AvgIpc) is 1.80. The summed E-state index contributed by atoms with van der Waals surface area (Å²) in [4.78, 5) is 0.815. The lowest BCUT2D eigenvalue weighted by molar-refractivity contribution is 0.689. The van der Waals surface area contributed by atoms with Gasteiger partial charge < -0.3 is 0 Å². The van der Waals surface area contributed by atoms with Crippen LogP contribution in [0.15, 0.2) is 23.1 Å². The van der Waals surface area contributed by atoms with Crippen LogP contribution in [0, 0.1) is 0 Å². The topological polar surface area (TPSA) is 17.1 Å². The van der Waals surface area contributed by atoms with E-state index >= 15 is 0 Å². The number of hydrogen-bond donors (Lipinski definition) is 0. The van der Waals surface area contributed by atoms with Crippen LogP contribution >= 0.6 is 0 Å². The van der Waals surface area contributed by atoms with Crippen LogP contribution in [0.5, 0.6) is 0 Å². The molecule has 2 heteroatoms. The lowest BCUT2D eigenvalue weighted by Gasteiger charge is -2.00. The van der Waals surface area contributed by atoms with Gasteiger partial charge in [0.25, 0.3) is 0 Å². The van der Waals surface area contributed by atoms with Crippen LogP contribution in [0.4, 0.5) is 0 Å². The fraction of sp³-hybridized carbons (Fsp3) is 0.375. The molecular weight excluding hydrogens is 144 g/mol. The van der Waals surface area contributed by atoms with E-state index in [4.69, 9.17) is 0 Å². The molecule has 1 nitrogen and oxygen atoms in total. The highest BCUT2D eigenvalue weighted by Gasteiger charge is 1.97. The largest absolute Gasteiger partial charge is 0.263 e. The maximum absolute atomic E-state index is 11.3. The molecule has 0 radical (unpaired) electrons. The molecular formula is C8H14OS. The summed E-state index contributed by atoms with van der Waals surface area (Å²) in [5, 5.41) is 0. The standard InChI is InChI=1S/C8H14OS/c1-5-7-8(6-2)10(3,4)9/h5-7H,3H2,1-2,4H3/b7-5-,8-6+. The van der Waals surface area contributed by atoms with Crippen molar-refractivity contribution in [1.82, 2.24) is 0 Å². The van der Waals surface area contributed by atoms with E-state index in [1.54, 1.807) is 6.26 Å². The van der Waals surface area contributed by atoms with Gasteiger partial charge in [0.05, 0.1) is 0 Å². The molecule has 0 N–H and O–H groups in total. The van der Waals surface area contributed by atoms with Crippen LogP contribution in [0.2, 0.25) is 0 Å². The van der Waals surface area contributed by atoms with Crippen molar-refractivity contribution in [2.24, 2.45) is 0 Å². The molecule has 0 fully saturated rings. The molecule has 0 aliphatic carbocycles. The van der Waals surface area contributed by atoms with Gasteiger partial charge in [0, 0.05) is 11.2 Å². The van der Waals surface area contributed by atoms with E-state index in [1.165, 1.54) is 0 Å². The van der Waals surface area contributed by atoms with Crippen molar-refractivity contribution in [3.05, 3.63) is 23.1 Å². The second-order valence-corrected chi connectivity index (χ2v) is 4.68. The van der Waals surface area contributed by atoms with E-state index in [1.807, 2.05) is 32.1 Å². The molecule has 0 aromatic carbocycles. The van der Waals surface area contributed by atoms with Gasteiger partial charge in [-0.25, -0.2) is 0 Å². The zero-order chi connectivity index (χ0) is 8.20. The summed E-state index contributed by atoms with van der Waals surface area (Å²) in [5.74, 6) is 3.57. The van der Waals surface area contributed by atoms with Crippen molar-refractivity contribution in [2.45, 2.75) is 13.8 Å². The summed E-state index contributed by atoms with van der Waals surface area (Å²) in [7, 11) is -2.00. The fourth-order valence-electron chi connectivity index (χ4n) is 0.654. The van der Waals surface area contributed by atoms with Gasteiger partial charge in [0.1, 0.15) is 0 Å². The molecule has 0 aromatic heterocycles. The Hall–Kier alpha value is -0.500. The Morgan fingerprint density at radius 1 is 1.50 bits per heavy atom. The monoisotopic (exact) mass is 158 g/mol. The lowest BCUT2D eigenvalue weighted by atomic mass is 10.4. The average molecular weight is 158 g/mol. The first-order valence-electron chi connectivity index (χ1n) is 3.13. The molecule has 58 valence electrons. The van der Waals surface area contributed by atoms with E-state index in [-0.39, 0.29) is 0 Å². The van der Waals surface area contributed by atoms with Crippen molar-refractivity contribution >= 4 is 15.4 Å². The molecule has 0 bridgehead atoms. The van der Waals surface area contributed by atoms with E-state index < -0.39 is 9.52 Å².